The van der Waals surface area contributed by atoms with Gasteiger partial charge in [-0.25, -0.2) is 4.79 Å². The molecule has 1 fully saturated rings. The molecule has 0 saturated carbocycles. The van der Waals surface area contributed by atoms with Gasteiger partial charge in [0.25, 0.3) is 0 Å². The topological polar surface area (TPSA) is 29.5 Å². The van der Waals surface area contributed by atoms with Crippen LogP contribution in [0.2, 0.25) is 0 Å². The van der Waals surface area contributed by atoms with Crippen LogP contribution >= 0.6 is 0 Å². The van der Waals surface area contributed by atoms with Crippen molar-refractivity contribution in [1.82, 2.24) is 4.90 Å². The van der Waals surface area contributed by atoms with Crippen LogP contribution in [0.5, 0.6) is 0 Å². The van der Waals surface area contributed by atoms with Crippen LogP contribution in [0.1, 0.15) is 41.5 Å². The van der Waals surface area contributed by atoms with Crippen molar-refractivity contribution in [3.8, 4) is 0 Å². The van der Waals surface area contributed by atoms with Crippen LogP contribution in [-0.2, 0) is 17.5 Å². The summed E-state index contributed by atoms with van der Waals surface area (Å²) in [4.78, 5) is 14.4. The summed E-state index contributed by atoms with van der Waals surface area (Å²) in [6.07, 6.45) is -0.633. The highest BCUT2D eigenvalue weighted by Gasteiger charge is 2.41. The number of carbonyl (C=O) groups excluding carboxylic acids is 1. The molecule has 0 radical (unpaired) electrons. The van der Waals surface area contributed by atoms with Crippen LogP contribution in [0.15, 0.2) is 54.6 Å². The Labute approximate surface area is 167 Å². The van der Waals surface area contributed by atoms with Crippen molar-refractivity contribution in [2.75, 3.05) is 0 Å². The van der Waals surface area contributed by atoms with Gasteiger partial charge in [0.05, 0.1) is 11.6 Å². The van der Waals surface area contributed by atoms with Crippen LogP contribution in [0, 0.1) is 6.92 Å². The molecule has 152 valence electrons. The van der Waals surface area contributed by atoms with Gasteiger partial charge in [-0.2, -0.15) is 13.2 Å². The minimum atomic E-state index is -4.37. The first-order chi connectivity index (χ1) is 13.8. The predicted octanol–water partition coefficient (Wildman–Crippen LogP) is 5.97. The number of ether oxygens (including phenoxy) is 1. The molecule has 1 saturated heterocycles. The van der Waals surface area contributed by atoms with E-state index in [0.29, 0.717) is 12.0 Å². The molecular weight excluding hydrogens is 379 g/mol. The Balaban J connectivity index is 1.52. The first-order valence-corrected chi connectivity index (χ1v) is 9.71. The summed E-state index contributed by atoms with van der Waals surface area (Å²) < 4.78 is 44.9. The summed E-state index contributed by atoms with van der Waals surface area (Å²) in [7, 11) is 0. The minimum absolute atomic E-state index is 0.0442. The van der Waals surface area contributed by atoms with E-state index in [1.165, 1.54) is 12.1 Å². The quantitative estimate of drug-likeness (QED) is 0.634. The lowest BCUT2D eigenvalue weighted by Gasteiger charge is -2.33. The molecular formula is C23H22F3NO2. The van der Waals surface area contributed by atoms with E-state index in [1.807, 2.05) is 43.3 Å². The standard InChI is InChI=1S/C23H22F3NO2/c1-15-7-8-18(23(24,25)26)13-21(15)17-11-19-9-10-20(12-17)27(19)22(28)29-14-16-5-3-2-4-6-16/h2-8,11,13,19-20H,9-10,12,14H2,1H3. The molecule has 3 nitrogen and oxygen atoms in total. The Morgan fingerprint density at radius 2 is 1.90 bits per heavy atom. The smallest absolute Gasteiger partial charge is 0.416 e. The molecule has 2 aromatic carbocycles. The summed E-state index contributed by atoms with van der Waals surface area (Å²) in [5, 5.41) is 0. The van der Waals surface area contributed by atoms with E-state index in [2.05, 4.69) is 0 Å². The van der Waals surface area contributed by atoms with E-state index in [9.17, 15) is 18.0 Å². The van der Waals surface area contributed by atoms with Gasteiger partial charge in [-0.05, 0) is 60.6 Å². The molecule has 29 heavy (non-hydrogen) atoms. The number of rotatable bonds is 3. The van der Waals surface area contributed by atoms with Crippen LogP contribution in [0.3, 0.4) is 0 Å². The summed E-state index contributed by atoms with van der Waals surface area (Å²) in [5.74, 6) is 0. The molecule has 0 spiro atoms. The number of hydrogen-bond donors (Lipinski definition) is 0. The Bertz CT molecular complexity index is 937. The van der Waals surface area contributed by atoms with E-state index in [1.54, 1.807) is 4.90 Å². The van der Waals surface area contributed by atoms with Gasteiger partial charge in [0.15, 0.2) is 0 Å². The zero-order valence-electron chi connectivity index (χ0n) is 16.1. The summed E-state index contributed by atoms with van der Waals surface area (Å²) in [5.41, 5.74) is 2.59. The van der Waals surface area contributed by atoms with Crippen LogP contribution in [-0.4, -0.2) is 23.1 Å². The number of alkyl halides is 3. The van der Waals surface area contributed by atoms with Crippen molar-refractivity contribution in [1.29, 1.82) is 0 Å². The number of fused-ring (bicyclic) bond motifs is 2. The van der Waals surface area contributed by atoms with Gasteiger partial charge in [0.2, 0.25) is 0 Å². The number of amides is 1. The van der Waals surface area contributed by atoms with Crippen molar-refractivity contribution in [2.24, 2.45) is 0 Å². The molecule has 2 aliphatic rings. The number of benzene rings is 2. The van der Waals surface area contributed by atoms with Crippen LogP contribution in [0.25, 0.3) is 5.57 Å². The summed E-state index contributed by atoms with van der Waals surface area (Å²) >= 11 is 0. The second kappa shape index (κ2) is 7.58. The Kier molecular flexibility index (Phi) is 5.11. The van der Waals surface area contributed by atoms with E-state index in [4.69, 9.17) is 4.74 Å². The lowest BCUT2D eigenvalue weighted by Crippen LogP contribution is -2.43. The molecule has 0 aliphatic carbocycles. The van der Waals surface area contributed by atoms with Crippen LogP contribution < -0.4 is 0 Å². The lowest BCUT2D eigenvalue weighted by atomic mass is 9.91. The van der Waals surface area contributed by atoms with Crippen molar-refractivity contribution in [3.05, 3.63) is 76.9 Å². The normalized spacial score (nSPS) is 21.1. The van der Waals surface area contributed by atoms with Crippen molar-refractivity contribution < 1.29 is 22.7 Å². The fourth-order valence-electron chi connectivity index (χ4n) is 4.25. The molecule has 2 bridgehead atoms. The molecule has 0 aromatic heterocycles. The number of aryl methyl sites for hydroxylation is 1. The van der Waals surface area contributed by atoms with E-state index < -0.39 is 11.7 Å². The van der Waals surface area contributed by atoms with Gasteiger partial charge in [0, 0.05) is 6.04 Å². The maximum absolute atomic E-state index is 13.1. The molecule has 2 heterocycles. The van der Waals surface area contributed by atoms with Gasteiger partial charge in [-0.1, -0.05) is 42.5 Å². The van der Waals surface area contributed by atoms with Crippen molar-refractivity contribution in [3.63, 3.8) is 0 Å². The average Bonchev–Trinajstić information content (AvgIpc) is 2.96. The molecule has 2 aromatic rings. The van der Waals surface area contributed by atoms with Gasteiger partial charge >= 0.3 is 12.3 Å². The van der Waals surface area contributed by atoms with Crippen molar-refractivity contribution >= 4 is 11.7 Å². The average molecular weight is 401 g/mol. The fourth-order valence-corrected chi connectivity index (χ4v) is 4.25. The summed E-state index contributed by atoms with van der Waals surface area (Å²) in [6.45, 7) is 2.03. The fraction of sp³-hybridized carbons (Fsp3) is 0.348. The third-order valence-electron chi connectivity index (χ3n) is 5.72. The summed E-state index contributed by atoms with van der Waals surface area (Å²) in [6, 6.07) is 13.1. The largest absolute Gasteiger partial charge is 0.445 e. The lowest BCUT2D eigenvalue weighted by molar-refractivity contribution is -0.137. The van der Waals surface area contributed by atoms with E-state index in [0.717, 1.165) is 35.6 Å². The number of nitrogens with zero attached hydrogens (tertiary/aromatic N) is 1. The Morgan fingerprint density at radius 1 is 1.14 bits per heavy atom. The SMILES string of the molecule is Cc1ccc(C(F)(F)F)cc1C1=CC2CCC(C1)N2C(=O)OCc1ccccc1. The van der Waals surface area contributed by atoms with E-state index >= 15 is 0 Å². The number of halogens is 3. The van der Waals surface area contributed by atoms with Gasteiger partial charge in [-0.15, -0.1) is 0 Å². The first-order valence-electron chi connectivity index (χ1n) is 9.71. The number of hydrogen-bond acceptors (Lipinski definition) is 2. The zero-order valence-corrected chi connectivity index (χ0v) is 16.1. The second-order valence-electron chi connectivity index (χ2n) is 7.67. The third kappa shape index (κ3) is 4.02. The highest BCUT2D eigenvalue weighted by Crippen LogP contribution is 2.41. The predicted molar refractivity (Wildman–Crippen MR) is 104 cm³/mol. The monoisotopic (exact) mass is 401 g/mol. The zero-order chi connectivity index (χ0) is 20.6. The molecule has 4 rings (SSSR count). The molecule has 2 aliphatic heterocycles. The van der Waals surface area contributed by atoms with Crippen molar-refractivity contribution in [2.45, 2.75) is 51.1 Å². The third-order valence-corrected chi connectivity index (χ3v) is 5.72. The van der Waals surface area contributed by atoms with Gasteiger partial charge in [-0.3, -0.25) is 4.90 Å². The van der Waals surface area contributed by atoms with Crippen LogP contribution in [0.4, 0.5) is 18.0 Å². The molecule has 0 N–H and O–H groups in total. The second-order valence-corrected chi connectivity index (χ2v) is 7.67. The van der Waals surface area contributed by atoms with Gasteiger partial charge < -0.3 is 4.74 Å². The molecule has 6 heteroatoms. The molecule has 2 atom stereocenters. The Morgan fingerprint density at radius 3 is 2.59 bits per heavy atom. The maximum Gasteiger partial charge on any atom is 0.416 e. The molecule has 2 unspecified atom stereocenters. The van der Waals surface area contributed by atoms with E-state index in [-0.39, 0.29) is 24.8 Å². The highest BCUT2D eigenvalue weighted by molar-refractivity contribution is 5.76. The maximum atomic E-state index is 13.1. The molecule has 1 amide bonds. The number of carbonyl (C=O) groups is 1. The Hall–Kier alpha value is -2.76. The minimum Gasteiger partial charge on any atom is -0.445 e. The first kappa shape index (κ1) is 19.6. The van der Waals surface area contributed by atoms with Gasteiger partial charge in [0.1, 0.15) is 6.61 Å². The highest BCUT2D eigenvalue weighted by atomic mass is 19.4.